The molecule has 2 atom stereocenters. The Kier molecular flexibility index (Phi) is 6.79. The Balaban J connectivity index is 1.82. The van der Waals surface area contributed by atoms with Crippen molar-refractivity contribution in [3.05, 3.63) is 0 Å². The number of nitrogens with one attached hydrogen (secondary N) is 1. The van der Waals surface area contributed by atoms with Crippen molar-refractivity contribution in [1.29, 1.82) is 0 Å². The van der Waals surface area contributed by atoms with Crippen molar-refractivity contribution in [2.24, 2.45) is 5.92 Å². The highest BCUT2D eigenvalue weighted by Gasteiger charge is 2.30. The first-order valence-corrected chi connectivity index (χ1v) is 8.98. The Morgan fingerprint density at radius 2 is 1.80 bits per heavy atom. The van der Waals surface area contributed by atoms with Crippen LogP contribution in [0.25, 0.3) is 0 Å². The number of likely N-dealkylation sites (N-methyl/N-ethyl adjacent to an activating group) is 2. The van der Waals surface area contributed by atoms with Gasteiger partial charge < -0.3 is 10.2 Å². The zero-order valence-electron chi connectivity index (χ0n) is 13.9. The minimum atomic E-state index is 0.734. The summed E-state index contributed by atoms with van der Waals surface area (Å²) in [4.78, 5) is 5.35. The van der Waals surface area contributed by atoms with Crippen LogP contribution in [0.2, 0.25) is 0 Å². The van der Waals surface area contributed by atoms with E-state index >= 15 is 0 Å². The number of hydrogen-bond acceptors (Lipinski definition) is 3. The molecule has 0 bridgehead atoms. The summed E-state index contributed by atoms with van der Waals surface area (Å²) < 4.78 is 0. The average Bonchev–Trinajstić information content (AvgIpc) is 3.11. The van der Waals surface area contributed by atoms with Gasteiger partial charge in [0.1, 0.15) is 0 Å². The Morgan fingerprint density at radius 3 is 2.40 bits per heavy atom. The van der Waals surface area contributed by atoms with E-state index in [-0.39, 0.29) is 0 Å². The zero-order valence-corrected chi connectivity index (χ0v) is 13.9. The Morgan fingerprint density at radius 1 is 1.10 bits per heavy atom. The van der Waals surface area contributed by atoms with Gasteiger partial charge in [-0.15, -0.1) is 0 Å². The van der Waals surface area contributed by atoms with E-state index in [4.69, 9.17) is 0 Å². The molecule has 0 aromatic rings. The smallest absolute Gasteiger partial charge is 0.0235 e. The SMILES string of the molecule is CCNC(CN1CCC(N(CC)CC)C1)C1CCCC1. The summed E-state index contributed by atoms with van der Waals surface area (Å²) in [6.45, 7) is 14.2. The fraction of sp³-hybridized carbons (Fsp3) is 1.00. The first-order chi connectivity index (χ1) is 9.78. The summed E-state index contributed by atoms with van der Waals surface area (Å²) in [6, 6.07) is 1.54. The molecule has 2 aliphatic rings. The molecule has 1 heterocycles. The highest BCUT2D eigenvalue weighted by molar-refractivity contribution is 4.88. The van der Waals surface area contributed by atoms with Crippen LogP contribution in [0.4, 0.5) is 0 Å². The summed E-state index contributed by atoms with van der Waals surface area (Å²) in [6.07, 6.45) is 7.17. The van der Waals surface area contributed by atoms with Crippen molar-refractivity contribution in [3.63, 3.8) is 0 Å². The lowest BCUT2D eigenvalue weighted by Crippen LogP contribution is -2.45. The monoisotopic (exact) mass is 281 g/mol. The summed E-state index contributed by atoms with van der Waals surface area (Å²) in [7, 11) is 0. The van der Waals surface area contributed by atoms with Crippen LogP contribution >= 0.6 is 0 Å². The fourth-order valence-corrected chi connectivity index (χ4v) is 4.30. The van der Waals surface area contributed by atoms with E-state index in [1.54, 1.807) is 0 Å². The predicted molar refractivity (Wildman–Crippen MR) is 87.2 cm³/mol. The molecule has 1 saturated heterocycles. The van der Waals surface area contributed by atoms with Gasteiger partial charge in [0.2, 0.25) is 0 Å². The fourth-order valence-electron chi connectivity index (χ4n) is 4.30. The van der Waals surface area contributed by atoms with Crippen LogP contribution in [-0.2, 0) is 0 Å². The standard InChI is InChI=1S/C17H35N3/c1-4-18-17(15-9-7-8-10-15)14-19-12-11-16(13-19)20(5-2)6-3/h15-18H,4-14H2,1-3H3. The van der Waals surface area contributed by atoms with Gasteiger partial charge in [0.15, 0.2) is 0 Å². The largest absolute Gasteiger partial charge is 0.313 e. The molecule has 20 heavy (non-hydrogen) atoms. The van der Waals surface area contributed by atoms with Crippen molar-refractivity contribution >= 4 is 0 Å². The maximum absolute atomic E-state index is 3.77. The lowest BCUT2D eigenvalue weighted by molar-refractivity contribution is 0.195. The highest BCUT2D eigenvalue weighted by atomic mass is 15.3. The van der Waals surface area contributed by atoms with E-state index in [0.29, 0.717) is 0 Å². The quantitative estimate of drug-likeness (QED) is 0.738. The second kappa shape index (κ2) is 8.35. The topological polar surface area (TPSA) is 18.5 Å². The third-order valence-electron chi connectivity index (χ3n) is 5.47. The third kappa shape index (κ3) is 4.19. The molecule has 3 nitrogen and oxygen atoms in total. The molecular weight excluding hydrogens is 246 g/mol. The van der Waals surface area contributed by atoms with Gasteiger partial charge in [-0.25, -0.2) is 0 Å². The van der Waals surface area contributed by atoms with Crippen LogP contribution in [0.15, 0.2) is 0 Å². The molecule has 3 heteroatoms. The van der Waals surface area contributed by atoms with Crippen molar-refractivity contribution in [1.82, 2.24) is 15.1 Å². The lowest BCUT2D eigenvalue weighted by atomic mass is 9.97. The molecule has 0 aromatic carbocycles. The summed E-state index contributed by atoms with van der Waals surface area (Å²) in [5.41, 5.74) is 0. The molecule has 0 aromatic heterocycles. The van der Waals surface area contributed by atoms with E-state index in [1.165, 1.54) is 64.8 Å². The van der Waals surface area contributed by atoms with Crippen molar-refractivity contribution in [3.8, 4) is 0 Å². The van der Waals surface area contributed by atoms with Crippen molar-refractivity contribution < 1.29 is 0 Å². The minimum Gasteiger partial charge on any atom is -0.313 e. The van der Waals surface area contributed by atoms with Gasteiger partial charge in [-0.1, -0.05) is 33.6 Å². The molecule has 0 radical (unpaired) electrons. The summed E-state index contributed by atoms with van der Waals surface area (Å²) >= 11 is 0. The van der Waals surface area contributed by atoms with Gasteiger partial charge >= 0.3 is 0 Å². The second-order valence-electron chi connectivity index (χ2n) is 6.63. The highest BCUT2D eigenvalue weighted by Crippen LogP contribution is 2.29. The van der Waals surface area contributed by atoms with Gasteiger partial charge in [0.05, 0.1) is 0 Å². The van der Waals surface area contributed by atoms with Crippen LogP contribution < -0.4 is 5.32 Å². The zero-order chi connectivity index (χ0) is 14.4. The van der Waals surface area contributed by atoms with E-state index in [2.05, 4.69) is 35.9 Å². The molecule has 1 saturated carbocycles. The molecule has 2 rings (SSSR count). The molecular formula is C17H35N3. The van der Waals surface area contributed by atoms with Crippen LogP contribution in [0, 0.1) is 5.92 Å². The summed E-state index contributed by atoms with van der Waals surface area (Å²) in [5.74, 6) is 0.933. The van der Waals surface area contributed by atoms with Crippen molar-refractivity contribution in [2.45, 2.75) is 65.0 Å². The maximum atomic E-state index is 3.77. The third-order valence-corrected chi connectivity index (χ3v) is 5.47. The first-order valence-electron chi connectivity index (χ1n) is 8.98. The van der Waals surface area contributed by atoms with Gasteiger partial charge in [-0.2, -0.15) is 0 Å². The Bertz CT molecular complexity index is 259. The molecule has 2 unspecified atom stereocenters. The molecule has 0 spiro atoms. The van der Waals surface area contributed by atoms with Crippen LogP contribution in [0.5, 0.6) is 0 Å². The molecule has 0 amide bonds. The first kappa shape index (κ1) is 16.3. The normalized spacial score (nSPS) is 26.7. The van der Waals surface area contributed by atoms with Crippen LogP contribution in [0.3, 0.4) is 0 Å². The molecule has 118 valence electrons. The van der Waals surface area contributed by atoms with E-state index in [0.717, 1.165) is 24.5 Å². The number of hydrogen-bond donors (Lipinski definition) is 1. The second-order valence-corrected chi connectivity index (χ2v) is 6.63. The van der Waals surface area contributed by atoms with Gasteiger partial charge in [-0.3, -0.25) is 4.90 Å². The minimum absolute atomic E-state index is 0.734. The van der Waals surface area contributed by atoms with Crippen molar-refractivity contribution in [2.75, 3.05) is 39.3 Å². The Hall–Kier alpha value is -0.120. The number of rotatable bonds is 8. The average molecular weight is 281 g/mol. The maximum Gasteiger partial charge on any atom is 0.0235 e. The van der Waals surface area contributed by atoms with Crippen LogP contribution in [0.1, 0.15) is 52.9 Å². The lowest BCUT2D eigenvalue weighted by Gasteiger charge is -2.30. The molecule has 2 fully saturated rings. The van der Waals surface area contributed by atoms with Gasteiger partial charge in [0.25, 0.3) is 0 Å². The Labute approximate surface area is 126 Å². The molecule has 1 aliphatic carbocycles. The van der Waals surface area contributed by atoms with Gasteiger partial charge in [-0.05, 0) is 51.4 Å². The molecule has 1 aliphatic heterocycles. The van der Waals surface area contributed by atoms with E-state index in [1.807, 2.05) is 0 Å². The van der Waals surface area contributed by atoms with Crippen LogP contribution in [-0.4, -0.2) is 61.2 Å². The van der Waals surface area contributed by atoms with E-state index < -0.39 is 0 Å². The predicted octanol–water partition coefficient (Wildman–Crippen LogP) is 2.57. The number of likely N-dealkylation sites (tertiary alicyclic amines) is 1. The van der Waals surface area contributed by atoms with Gasteiger partial charge in [0, 0.05) is 25.2 Å². The number of nitrogens with zero attached hydrogens (tertiary/aromatic N) is 2. The summed E-state index contributed by atoms with van der Waals surface area (Å²) in [5, 5.41) is 3.77. The molecule has 1 N–H and O–H groups in total. The van der Waals surface area contributed by atoms with E-state index in [9.17, 15) is 0 Å².